The van der Waals surface area contributed by atoms with E-state index in [-0.39, 0.29) is 5.56 Å². The van der Waals surface area contributed by atoms with Gasteiger partial charge in [0.25, 0.3) is 5.88 Å². The largest absolute Gasteiger partial charge is 0.611 e. The van der Waals surface area contributed by atoms with Gasteiger partial charge in [-0.1, -0.05) is 0 Å². The fraction of sp³-hybridized carbons (Fsp3) is 0.375. The van der Waals surface area contributed by atoms with Gasteiger partial charge in [0.05, 0.1) is 6.20 Å². The number of benzene rings is 1. The molecule has 1 heterocycles. The summed E-state index contributed by atoms with van der Waals surface area (Å²) in [6.07, 6.45) is -19.8. The first kappa shape index (κ1) is 26.5. The minimum absolute atomic E-state index is 0.168. The lowest BCUT2D eigenvalue weighted by molar-refractivity contribution is -0.411. The van der Waals surface area contributed by atoms with Crippen molar-refractivity contribution < 1.29 is 57.9 Å². The summed E-state index contributed by atoms with van der Waals surface area (Å²) in [5.74, 6) is -4.46. The molecule has 0 fully saturated rings. The van der Waals surface area contributed by atoms with Gasteiger partial charge < -0.3 is 9.29 Å². The fourth-order valence-corrected chi connectivity index (χ4v) is 3.40. The van der Waals surface area contributed by atoms with Gasteiger partial charge in [0.1, 0.15) is 23.1 Å². The Bertz CT molecular complexity index is 1050. The van der Waals surface area contributed by atoms with Crippen molar-refractivity contribution in [1.82, 2.24) is 9.78 Å². The Morgan fingerprint density at radius 2 is 1.79 bits per heavy atom. The molecule has 33 heavy (non-hydrogen) atoms. The molecule has 1 aromatic heterocycles. The van der Waals surface area contributed by atoms with Crippen LogP contribution in [0, 0.1) is 24.1 Å². The zero-order chi connectivity index (χ0) is 25.4. The quantitative estimate of drug-likeness (QED) is 0.397. The number of alkyl halides is 9. The number of aryl methyl sites for hydroxylation is 1. The first-order valence-corrected chi connectivity index (χ1v) is 9.46. The summed E-state index contributed by atoms with van der Waals surface area (Å²) in [5.41, 5.74) is -1.88. The molecule has 6 nitrogen and oxygen atoms in total. The second-order valence-electron chi connectivity index (χ2n) is 6.12. The number of aromatic nitrogens is 2. The molecule has 17 heteroatoms. The third-order valence-electron chi connectivity index (χ3n) is 3.57. The predicted octanol–water partition coefficient (Wildman–Crippen LogP) is 4.67. The molecule has 0 N–H and O–H groups in total. The number of hydrogen-bond donors (Lipinski definition) is 0. The number of nitriles is 1. The number of ether oxygens (including phenoxy) is 2. The molecule has 2 rings (SSSR count). The highest BCUT2D eigenvalue weighted by molar-refractivity contribution is 7.91. The van der Waals surface area contributed by atoms with Crippen LogP contribution in [0.4, 0.5) is 43.9 Å². The Morgan fingerprint density at radius 3 is 2.30 bits per heavy atom. The van der Waals surface area contributed by atoms with Crippen molar-refractivity contribution >= 4 is 11.2 Å². The number of nitrogens with zero attached hydrogens (tertiary/aromatic N) is 3. The van der Waals surface area contributed by atoms with E-state index in [2.05, 4.69) is 14.6 Å². The minimum Gasteiger partial charge on any atom is -0.611 e. The lowest BCUT2D eigenvalue weighted by atomic mass is 10.2. The molecule has 182 valence electrons. The molecule has 0 aliphatic heterocycles. The van der Waals surface area contributed by atoms with Crippen LogP contribution in [0.1, 0.15) is 11.1 Å². The Kier molecular flexibility index (Phi) is 7.45. The van der Waals surface area contributed by atoms with Crippen LogP contribution in [0.3, 0.4) is 0 Å². The first-order chi connectivity index (χ1) is 14.9. The van der Waals surface area contributed by atoms with Gasteiger partial charge in [-0.2, -0.15) is 27.2 Å². The summed E-state index contributed by atoms with van der Waals surface area (Å²) in [4.78, 5) is -0.507. The molecular weight excluding hydrogens is 504 g/mol. The van der Waals surface area contributed by atoms with Crippen molar-refractivity contribution in [1.29, 1.82) is 5.26 Å². The predicted molar refractivity (Wildman–Crippen MR) is 87.9 cm³/mol. The zero-order valence-electron chi connectivity index (χ0n) is 15.8. The standard InChI is InChI=1S/C16H9F10N3O3S/c1-7-2-9(17)10(3-11(7)33(30)6-14(19,20)21)29-5-8(4-27)12(28-29)31-15(22,23)13(18)32-16(24,25)26/h2-3,5,13H,6H2,1H3. The fourth-order valence-electron chi connectivity index (χ4n) is 2.28. The maximum atomic E-state index is 14.4. The highest BCUT2D eigenvalue weighted by Crippen LogP contribution is 2.33. The number of rotatable bonds is 7. The lowest BCUT2D eigenvalue weighted by Crippen LogP contribution is -2.41. The van der Waals surface area contributed by atoms with Gasteiger partial charge in [-0.05, 0) is 24.2 Å². The van der Waals surface area contributed by atoms with Crippen LogP contribution in [-0.2, 0) is 15.9 Å². The summed E-state index contributed by atoms with van der Waals surface area (Å²) >= 11 is -2.71. The summed E-state index contributed by atoms with van der Waals surface area (Å²) in [5, 5.41) is 12.2. The second-order valence-corrected chi connectivity index (χ2v) is 7.54. The van der Waals surface area contributed by atoms with Crippen LogP contribution in [0.5, 0.6) is 5.88 Å². The molecule has 2 atom stereocenters. The molecule has 0 spiro atoms. The molecule has 0 amide bonds. The monoisotopic (exact) mass is 513 g/mol. The van der Waals surface area contributed by atoms with Gasteiger partial charge in [0, 0.05) is 11.6 Å². The molecule has 1 aromatic carbocycles. The summed E-state index contributed by atoms with van der Waals surface area (Å²) in [7, 11) is 0. The summed E-state index contributed by atoms with van der Waals surface area (Å²) in [6.45, 7) is 1.14. The van der Waals surface area contributed by atoms with Crippen molar-refractivity contribution in [3.8, 4) is 17.6 Å². The van der Waals surface area contributed by atoms with Crippen molar-refractivity contribution in [2.75, 3.05) is 5.75 Å². The average Bonchev–Trinajstić information content (AvgIpc) is 3.00. The van der Waals surface area contributed by atoms with E-state index in [0.717, 1.165) is 6.92 Å². The molecule has 0 aliphatic carbocycles. The van der Waals surface area contributed by atoms with Crippen LogP contribution in [0.15, 0.2) is 23.2 Å². The average molecular weight is 513 g/mol. The van der Waals surface area contributed by atoms with Gasteiger partial charge in [-0.25, -0.2) is 18.2 Å². The van der Waals surface area contributed by atoms with E-state index in [4.69, 9.17) is 5.26 Å². The molecule has 0 saturated heterocycles. The van der Waals surface area contributed by atoms with E-state index in [9.17, 15) is 48.5 Å². The number of halogens is 10. The van der Waals surface area contributed by atoms with Crippen LogP contribution in [-0.4, -0.2) is 45.1 Å². The van der Waals surface area contributed by atoms with E-state index in [1.54, 1.807) is 0 Å². The molecule has 2 unspecified atom stereocenters. The van der Waals surface area contributed by atoms with E-state index in [1.165, 1.54) is 6.07 Å². The van der Waals surface area contributed by atoms with Gasteiger partial charge in [0.15, 0.2) is 4.90 Å². The van der Waals surface area contributed by atoms with Gasteiger partial charge in [-0.15, -0.1) is 18.3 Å². The highest BCUT2D eigenvalue weighted by Gasteiger charge is 2.51. The van der Waals surface area contributed by atoms with E-state index in [1.807, 2.05) is 0 Å². The van der Waals surface area contributed by atoms with E-state index in [0.29, 0.717) is 23.0 Å². The Labute approximate surface area is 180 Å². The molecule has 2 aromatic rings. The summed E-state index contributed by atoms with van der Waals surface area (Å²) in [6, 6.07) is 2.52. The Morgan fingerprint density at radius 1 is 1.18 bits per heavy atom. The molecule has 0 aliphatic rings. The zero-order valence-corrected chi connectivity index (χ0v) is 16.6. The van der Waals surface area contributed by atoms with E-state index >= 15 is 0 Å². The van der Waals surface area contributed by atoms with Crippen LogP contribution < -0.4 is 4.74 Å². The maximum absolute atomic E-state index is 14.4. The summed E-state index contributed by atoms with van der Waals surface area (Å²) < 4.78 is 147. The molecule has 0 saturated carbocycles. The van der Waals surface area contributed by atoms with Crippen molar-refractivity contribution in [2.24, 2.45) is 0 Å². The first-order valence-electron chi connectivity index (χ1n) is 8.14. The highest BCUT2D eigenvalue weighted by atomic mass is 32.2. The third-order valence-corrected chi connectivity index (χ3v) is 5.09. The van der Waals surface area contributed by atoms with Gasteiger partial charge in [0.2, 0.25) is 5.75 Å². The van der Waals surface area contributed by atoms with Crippen molar-refractivity contribution in [2.45, 2.75) is 36.8 Å². The lowest BCUT2D eigenvalue weighted by Gasteiger charge is -2.21. The molecule has 0 bridgehead atoms. The third kappa shape index (κ3) is 6.88. The maximum Gasteiger partial charge on any atom is 0.525 e. The smallest absolute Gasteiger partial charge is 0.525 e. The van der Waals surface area contributed by atoms with Crippen LogP contribution in [0.2, 0.25) is 0 Å². The van der Waals surface area contributed by atoms with Crippen molar-refractivity contribution in [3.63, 3.8) is 0 Å². The van der Waals surface area contributed by atoms with Crippen LogP contribution >= 0.6 is 0 Å². The normalized spacial score (nSPS) is 14.6. The van der Waals surface area contributed by atoms with Crippen LogP contribution in [0.25, 0.3) is 5.69 Å². The Balaban J connectivity index is 2.44. The second kappa shape index (κ2) is 9.27. The van der Waals surface area contributed by atoms with Crippen molar-refractivity contribution in [3.05, 3.63) is 35.3 Å². The topological polar surface area (TPSA) is 83.1 Å². The number of hydrogen-bond acceptors (Lipinski definition) is 5. The van der Waals surface area contributed by atoms with E-state index < -0.39 is 69.8 Å². The molecule has 0 radical (unpaired) electrons. The molecular formula is C16H9F10N3O3S. The minimum atomic E-state index is -5.81. The Hall–Kier alpha value is -2.71. The van der Waals surface area contributed by atoms with Gasteiger partial charge >= 0.3 is 25.0 Å². The van der Waals surface area contributed by atoms with Gasteiger partial charge in [-0.3, -0.25) is 0 Å². The SMILES string of the molecule is Cc1cc(F)c(-n2cc(C#N)c(OC(F)(F)C(F)OC(F)(F)F)n2)cc1[S+]([O-])CC(F)(F)F.